The van der Waals surface area contributed by atoms with Gasteiger partial charge in [0.15, 0.2) is 0 Å². The predicted octanol–water partition coefficient (Wildman–Crippen LogP) is 1.62. The minimum atomic E-state index is -0.286. The maximum atomic E-state index is 13.1. The molecule has 1 fully saturated rings. The second kappa shape index (κ2) is 6.27. The number of halogens is 1. The lowest BCUT2D eigenvalue weighted by Gasteiger charge is -2.27. The minimum absolute atomic E-state index is 0.0201. The van der Waals surface area contributed by atoms with E-state index in [2.05, 4.69) is 10.4 Å². The smallest absolute Gasteiger partial charge is 0.257 e. The number of carbonyl (C=O) groups excluding carboxylic acids is 1. The molecule has 1 aromatic carbocycles. The fourth-order valence-corrected chi connectivity index (χ4v) is 2.74. The molecule has 1 aliphatic heterocycles. The molecule has 1 aromatic heterocycles. The Kier molecular flexibility index (Phi) is 4.20. The topological polar surface area (TPSA) is 50.2 Å². The first-order valence-electron chi connectivity index (χ1n) is 7.53. The van der Waals surface area contributed by atoms with Gasteiger partial charge in [-0.2, -0.15) is 5.10 Å². The van der Waals surface area contributed by atoms with Crippen molar-refractivity contribution in [3.8, 4) is 5.69 Å². The molecule has 2 aromatic rings. The van der Waals surface area contributed by atoms with Crippen molar-refractivity contribution < 1.29 is 9.18 Å². The molecule has 2 heterocycles. The second-order valence-electron chi connectivity index (χ2n) is 5.29. The predicted molar refractivity (Wildman–Crippen MR) is 81.7 cm³/mol. The molecule has 6 heteroatoms. The number of rotatable bonds is 3. The lowest BCUT2D eigenvalue weighted by Crippen LogP contribution is -2.46. The van der Waals surface area contributed by atoms with Crippen LogP contribution in [0.2, 0.25) is 0 Å². The van der Waals surface area contributed by atoms with Gasteiger partial charge >= 0.3 is 0 Å². The van der Waals surface area contributed by atoms with E-state index in [-0.39, 0.29) is 11.7 Å². The molecule has 5 nitrogen and oxygen atoms in total. The lowest BCUT2D eigenvalue weighted by molar-refractivity contribution is 0.0734. The van der Waals surface area contributed by atoms with Crippen molar-refractivity contribution in [2.24, 2.45) is 0 Å². The zero-order chi connectivity index (χ0) is 15.5. The van der Waals surface area contributed by atoms with Crippen LogP contribution >= 0.6 is 0 Å². The van der Waals surface area contributed by atoms with Crippen LogP contribution in [-0.2, 0) is 6.42 Å². The number of piperazine rings is 1. The Morgan fingerprint density at radius 2 is 1.95 bits per heavy atom. The van der Waals surface area contributed by atoms with Crippen molar-refractivity contribution in [3.05, 3.63) is 47.5 Å². The fourth-order valence-electron chi connectivity index (χ4n) is 2.74. The highest BCUT2D eigenvalue weighted by Gasteiger charge is 2.23. The molecule has 1 aliphatic rings. The van der Waals surface area contributed by atoms with E-state index in [1.807, 2.05) is 11.8 Å². The summed E-state index contributed by atoms with van der Waals surface area (Å²) in [5, 5.41) is 7.57. The Hall–Kier alpha value is -2.21. The summed E-state index contributed by atoms with van der Waals surface area (Å²) in [6.07, 6.45) is 2.30. The summed E-state index contributed by atoms with van der Waals surface area (Å²) in [6, 6.07) is 6.13. The summed E-state index contributed by atoms with van der Waals surface area (Å²) in [5.74, 6) is -0.266. The monoisotopic (exact) mass is 302 g/mol. The molecule has 0 aliphatic carbocycles. The van der Waals surface area contributed by atoms with Gasteiger partial charge < -0.3 is 10.2 Å². The third-order valence-corrected chi connectivity index (χ3v) is 3.91. The first kappa shape index (κ1) is 14.7. The highest BCUT2D eigenvalue weighted by atomic mass is 19.1. The van der Waals surface area contributed by atoms with E-state index in [1.165, 1.54) is 12.1 Å². The third kappa shape index (κ3) is 2.74. The van der Waals surface area contributed by atoms with E-state index in [0.29, 0.717) is 25.1 Å². The van der Waals surface area contributed by atoms with Crippen LogP contribution in [0.5, 0.6) is 0 Å². The average Bonchev–Trinajstić information content (AvgIpc) is 2.99. The normalized spacial score (nSPS) is 15.1. The summed E-state index contributed by atoms with van der Waals surface area (Å²) in [5.41, 5.74) is 2.25. The maximum Gasteiger partial charge on any atom is 0.257 e. The van der Waals surface area contributed by atoms with Crippen molar-refractivity contribution in [2.75, 3.05) is 26.2 Å². The fraction of sp³-hybridized carbons (Fsp3) is 0.375. The van der Waals surface area contributed by atoms with E-state index in [4.69, 9.17) is 0 Å². The van der Waals surface area contributed by atoms with E-state index in [0.717, 1.165) is 24.5 Å². The van der Waals surface area contributed by atoms with E-state index < -0.39 is 0 Å². The molecular weight excluding hydrogens is 283 g/mol. The van der Waals surface area contributed by atoms with Crippen molar-refractivity contribution >= 4 is 5.91 Å². The SMILES string of the molecule is CCc1c(C(=O)N2CCNCC2)cnn1-c1ccc(F)cc1. The molecule has 22 heavy (non-hydrogen) atoms. The maximum absolute atomic E-state index is 13.1. The number of carbonyl (C=O) groups is 1. The molecule has 0 radical (unpaired) electrons. The highest BCUT2D eigenvalue weighted by Crippen LogP contribution is 2.18. The van der Waals surface area contributed by atoms with E-state index >= 15 is 0 Å². The van der Waals surface area contributed by atoms with Gasteiger partial charge in [0.2, 0.25) is 0 Å². The summed E-state index contributed by atoms with van der Waals surface area (Å²) in [7, 11) is 0. The van der Waals surface area contributed by atoms with Crippen LogP contribution < -0.4 is 5.32 Å². The van der Waals surface area contributed by atoms with Crippen LogP contribution in [0.3, 0.4) is 0 Å². The van der Waals surface area contributed by atoms with Crippen LogP contribution in [0.25, 0.3) is 5.69 Å². The summed E-state index contributed by atoms with van der Waals surface area (Å²) >= 11 is 0. The Labute approximate surface area is 128 Å². The van der Waals surface area contributed by atoms with Gasteiger partial charge in [0.05, 0.1) is 23.1 Å². The third-order valence-electron chi connectivity index (χ3n) is 3.91. The van der Waals surface area contributed by atoms with Crippen LogP contribution in [0, 0.1) is 5.82 Å². The van der Waals surface area contributed by atoms with Crippen LogP contribution in [-0.4, -0.2) is 46.8 Å². The standard InChI is InChI=1S/C16H19FN4O/c1-2-15-14(16(22)20-9-7-18-8-10-20)11-19-21(15)13-5-3-12(17)4-6-13/h3-6,11,18H,2,7-10H2,1H3. The van der Waals surface area contributed by atoms with Gasteiger partial charge in [0.1, 0.15) is 5.82 Å². The zero-order valence-corrected chi connectivity index (χ0v) is 12.6. The van der Waals surface area contributed by atoms with Gasteiger partial charge in [0.25, 0.3) is 5.91 Å². The largest absolute Gasteiger partial charge is 0.336 e. The summed E-state index contributed by atoms with van der Waals surface area (Å²) in [6.45, 7) is 5.05. The molecular formula is C16H19FN4O. The van der Waals surface area contributed by atoms with E-state index in [1.54, 1.807) is 23.0 Å². The van der Waals surface area contributed by atoms with Gasteiger partial charge in [-0.1, -0.05) is 6.92 Å². The van der Waals surface area contributed by atoms with E-state index in [9.17, 15) is 9.18 Å². The lowest BCUT2D eigenvalue weighted by atomic mass is 10.1. The number of amides is 1. The van der Waals surface area contributed by atoms with Gasteiger partial charge in [-0.3, -0.25) is 4.79 Å². The molecule has 0 spiro atoms. The molecule has 0 unspecified atom stereocenters. The Morgan fingerprint density at radius 1 is 1.27 bits per heavy atom. The molecule has 0 bridgehead atoms. The zero-order valence-electron chi connectivity index (χ0n) is 12.6. The minimum Gasteiger partial charge on any atom is -0.336 e. The Morgan fingerprint density at radius 3 is 2.59 bits per heavy atom. The Bertz CT molecular complexity index is 659. The summed E-state index contributed by atoms with van der Waals surface area (Å²) in [4.78, 5) is 14.5. The van der Waals surface area contributed by atoms with Crippen molar-refractivity contribution in [2.45, 2.75) is 13.3 Å². The van der Waals surface area contributed by atoms with Crippen LogP contribution in [0.1, 0.15) is 23.0 Å². The van der Waals surface area contributed by atoms with Gasteiger partial charge in [-0.25, -0.2) is 9.07 Å². The average molecular weight is 302 g/mol. The quantitative estimate of drug-likeness (QED) is 0.937. The molecule has 1 amide bonds. The molecule has 116 valence electrons. The van der Waals surface area contributed by atoms with Crippen LogP contribution in [0.4, 0.5) is 4.39 Å². The molecule has 1 saturated heterocycles. The van der Waals surface area contributed by atoms with Crippen LogP contribution in [0.15, 0.2) is 30.5 Å². The number of benzene rings is 1. The van der Waals surface area contributed by atoms with Gasteiger partial charge in [-0.15, -0.1) is 0 Å². The van der Waals surface area contributed by atoms with Crippen molar-refractivity contribution in [3.63, 3.8) is 0 Å². The first-order chi connectivity index (χ1) is 10.7. The number of hydrogen-bond acceptors (Lipinski definition) is 3. The number of hydrogen-bond donors (Lipinski definition) is 1. The van der Waals surface area contributed by atoms with Gasteiger partial charge in [0, 0.05) is 26.2 Å². The summed E-state index contributed by atoms with van der Waals surface area (Å²) < 4.78 is 14.8. The molecule has 3 rings (SSSR count). The number of nitrogens with one attached hydrogen (secondary N) is 1. The van der Waals surface area contributed by atoms with Gasteiger partial charge in [-0.05, 0) is 30.7 Å². The van der Waals surface area contributed by atoms with Crippen molar-refractivity contribution in [1.82, 2.24) is 20.0 Å². The number of aromatic nitrogens is 2. The first-order valence-corrected chi connectivity index (χ1v) is 7.53. The molecule has 0 saturated carbocycles. The number of nitrogens with zero attached hydrogens (tertiary/aromatic N) is 3. The second-order valence-corrected chi connectivity index (χ2v) is 5.29. The molecule has 0 atom stereocenters. The Balaban J connectivity index is 1.93. The highest BCUT2D eigenvalue weighted by molar-refractivity contribution is 5.95. The van der Waals surface area contributed by atoms with Crippen molar-refractivity contribution in [1.29, 1.82) is 0 Å². The molecule has 1 N–H and O–H groups in total.